The van der Waals surface area contributed by atoms with Crippen LogP contribution >= 0.6 is 0 Å². The van der Waals surface area contributed by atoms with Gasteiger partial charge in [0.1, 0.15) is 6.33 Å². The van der Waals surface area contributed by atoms with Crippen LogP contribution in [-0.4, -0.2) is 49.8 Å². The molecule has 3 rings (SSSR count). The van der Waals surface area contributed by atoms with Crippen LogP contribution in [0.1, 0.15) is 16.8 Å². The second-order valence-corrected chi connectivity index (χ2v) is 4.52. The van der Waals surface area contributed by atoms with Crippen LogP contribution in [0.4, 0.5) is 10.5 Å². The predicted molar refractivity (Wildman–Crippen MR) is 71.6 cm³/mol. The van der Waals surface area contributed by atoms with E-state index in [2.05, 4.69) is 20.8 Å². The number of nitrogens with one attached hydrogen (secondary N) is 1. The number of hydrogen-bond donors (Lipinski definition) is 2. The van der Waals surface area contributed by atoms with Gasteiger partial charge >= 0.3 is 12.0 Å². The molecule has 2 heterocycles. The molecule has 0 spiro atoms. The lowest BCUT2D eigenvalue weighted by Crippen LogP contribution is -2.49. The molecule has 112 valence electrons. The van der Waals surface area contributed by atoms with Crippen LogP contribution in [0.3, 0.4) is 0 Å². The summed E-state index contributed by atoms with van der Waals surface area (Å²) in [6, 6.07) is 3.83. The molecular weight excluding hydrogens is 292 g/mol. The van der Waals surface area contributed by atoms with Gasteiger partial charge < -0.3 is 5.11 Å². The van der Waals surface area contributed by atoms with Crippen molar-refractivity contribution >= 4 is 23.6 Å². The minimum absolute atomic E-state index is 0.0606. The van der Waals surface area contributed by atoms with Crippen LogP contribution in [-0.2, 0) is 4.79 Å². The number of urea groups is 1. The van der Waals surface area contributed by atoms with Gasteiger partial charge in [-0.15, -0.1) is 5.10 Å². The Hall–Kier alpha value is -3.30. The van der Waals surface area contributed by atoms with E-state index < -0.39 is 12.0 Å². The molecule has 3 amide bonds. The van der Waals surface area contributed by atoms with E-state index in [9.17, 15) is 19.5 Å². The molecule has 0 atom stereocenters. The van der Waals surface area contributed by atoms with Crippen molar-refractivity contribution in [3.8, 4) is 5.69 Å². The molecule has 1 fully saturated rings. The van der Waals surface area contributed by atoms with Crippen LogP contribution in [0.15, 0.2) is 24.5 Å². The van der Waals surface area contributed by atoms with Crippen molar-refractivity contribution in [2.24, 2.45) is 0 Å². The Bertz CT molecular complexity index is 757. The van der Waals surface area contributed by atoms with Crippen molar-refractivity contribution in [1.29, 1.82) is 0 Å². The molecule has 0 radical (unpaired) electrons. The molecule has 0 bridgehead atoms. The highest BCUT2D eigenvalue weighted by Gasteiger charge is 2.25. The number of carbonyl (C=O) groups excluding carboxylic acids is 2. The Morgan fingerprint density at radius 3 is 2.77 bits per heavy atom. The predicted octanol–water partition coefficient (Wildman–Crippen LogP) is -0.193. The van der Waals surface area contributed by atoms with E-state index in [1.54, 1.807) is 6.07 Å². The summed E-state index contributed by atoms with van der Waals surface area (Å²) < 4.78 is 1.22. The van der Waals surface area contributed by atoms with Crippen LogP contribution in [0, 0.1) is 0 Å². The first-order valence-corrected chi connectivity index (χ1v) is 6.28. The molecule has 2 N–H and O–H groups in total. The zero-order valence-electron chi connectivity index (χ0n) is 11.1. The second kappa shape index (κ2) is 5.24. The number of benzene rings is 1. The first-order chi connectivity index (χ1) is 10.6. The van der Waals surface area contributed by atoms with Crippen LogP contribution < -0.4 is 10.2 Å². The summed E-state index contributed by atoms with van der Waals surface area (Å²) >= 11 is 0. The van der Waals surface area contributed by atoms with E-state index >= 15 is 0 Å². The Morgan fingerprint density at radius 2 is 2.14 bits per heavy atom. The molecule has 1 aromatic carbocycles. The molecule has 0 aliphatic carbocycles. The summed E-state index contributed by atoms with van der Waals surface area (Å²) in [6.45, 7) is 0.188. The fourth-order valence-corrected chi connectivity index (χ4v) is 2.15. The normalized spacial score (nSPS) is 14.8. The smallest absolute Gasteiger partial charge is 0.337 e. The van der Waals surface area contributed by atoms with Crippen molar-refractivity contribution in [2.75, 3.05) is 11.4 Å². The van der Waals surface area contributed by atoms with E-state index in [0.29, 0.717) is 5.69 Å². The van der Waals surface area contributed by atoms with E-state index in [-0.39, 0.29) is 30.1 Å². The lowest BCUT2D eigenvalue weighted by Gasteiger charge is -2.27. The van der Waals surface area contributed by atoms with Gasteiger partial charge in [-0.3, -0.25) is 15.0 Å². The number of amides is 3. The van der Waals surface area contributed by atoms with E-state index in [4.69, 9.17) is 0 Å². The number of nitrogens with zero attached hydrogens (tertiary/aromatic N) is 5. The maximum absolute atomic E-state index is 11.8. The number of carboxylic acid groups (broad SMARTS) is 1. The van der Waals surface area contributed by atoms with Crippen LogP contribution in [0.25, 0.3) is 5.69 Å². The van der Waals surface area contributed by atoms with Crippen LogP contribution in [0.2, 0.25) is 0 Å². The Morgan fingerprint density at radius 1 is 1.32 bits per heavy atom. The Balaban J connectivity index is 2.01. The van der Waals surface area contributed by atoms with E-state index in [1.807, 2.05) is 0 Å². The number of hydrogen-bond acceptors (Lipinski definition) is 6. The van der Waals surface area contributed by atoms with Crippen molar-refractivity contribution in [2.45, 2.75) is 6.42 Å². The monoisotopic (exact) mass is 302 g/mol. The van der Waals surface area contributed by atoms with Gasteiger partial charge in [0, 0.05) is 18.7 Å². The first kappa shape index (κ1) is 13.7. The molecule has 1 aliphatic heterocycles. The molecule has 1 aliphatic rings. The molecule has 2 aromatic rings. The summed E-state index contributed by atoms with van der Waals surface area (Å²) in [7, 11) is 0. The van der Waals surface area contributed by atoms with E-state index in [1.165, 1.54) is 28.0 Å². The third-order valence-electron chi connectivity index (χ3n) is 3.17. The largest absolute Gasteiger partial charge is 0.478 e. The summed E-state index contributed by atoms with van der Waals surface area (Å²) in [5.41, 5.74) is 0.587. The fourth-order valence-electron chi connectivity index (χ4n) is 2.15. The van der Waals surface area contributed by atoms with Crippen molar-refractivity contribution in [3.63, 3.8) is 0 Å². The van der Waals surface area contributed by atoms with Gasteiger partial charge in [0.2, 0.25) is 5.91 Å². The fraction of sp³-hybridized carbons (Fsp3) is 0.167. The van der Waals surface area contributed by atoms with Crippen LogP contribution in [0.5, 0.6) is 0 Å². The molecule has 10 heteroatoms. The van der Waals surface area contributed by atoms with Gasteiger partial charge in [0.15, 0.2) is 0 Å². The van der Waals surface area contributed by atoms with Gasteiger partial charge in [-0.1, -0.05) is 0 Å². The SMILES string of the molecule is O=C1CCN(c2ccc(-n3cnnn3)c(C(=O)O)c2)C(=O)N1. The quantitative estimate of drug-likeness (QED) is 0.803. The lowest BCUT2D eigenvalue weighted by molar-refractivity contribution is -0.120. The molecule has 0 unspecified atom stereocenters. The Kier molecular flexibility index (Phi) is 3.26. The number of rotatable bonds is 3. The van der Waals surface area contributed by atoms with Gasteiger partial charge in [-0.2, -0.15) is 4.68 Å². The van der Waals surface area contributed by atoms with E-state index in [0.717, 1.165) is 0 Å². The molecule has 22 heavy (non-hydrogen) atoms. The third-order valence-corrected chi connectivity index (χ3v) is 3.17. The molecule has 10 nitrogen and oxygen atoms in total. The number of carbonyl (C=O) groups is 3. The summed E-state index contributed by atoms with van der Waals surface area (Å²) in [6.07, 6.45) is 1.43. The number of aromatic nitrogens is 4. The highest BCUT2D eigenvalue weighted by atomic mass is 16.4. The lowest BCUT2D eigenvalue weighted by atomic mass is 10.1. The minimum Gasteiger partial charge on any atom is -0.478 e. The Labute approximate surface area is 123 Å². The van der Waals surface area contributed by atoms with Gasteiger partial charge in [0.05, 0.1) is 11.3 Å². The zero-order valence-corrected chi connectivity index (χ0v) is 11.1. The highest BCUT2D eigenvalue weighted by molar-refractivity contribution is 6.06. The van der Waals surface area contributed by atoms with Crippen molar-refractivity contribution < 1.29 is 19.5 Å². The van der Waals surface area contributed by atoms with Crippen molar-refractivity contribution in [3.05, 3.63) is 30.1 Å². The molecule has 1 saturated heterocycles. The summed E-state index contributed by atoms with van der Waals surface area (Å²) in [5, 5.41) is 22.1. The number of anilines is 1. The summed E-state index contributed by atoms with van der Waals surface area (Å²) in [5.74, 6) is -1.54. The molecule has 1 aromatic heterocycles. The first-order valence-electron chi connectivity index (χ1n) is 6.28. The summed E-state index contributed by atoms with van der Waals surface area (Å²) in [4.78, 5) is 35.7. The molecule has 0 saturated carbocycles. The standard InChI is InChI=1S/C12H10N6O4/c19-10-3-4-17(12(22)14-10)7-1-2-9(8(5-7)11(20)21)18-6-13-15-16-18/h1-2,5-6H,3-4H2,(H,20,21)(H,14,19,22). The number of imide groups is 1. The van der Waals surface area contributed by atoms with Crippen molar-refractivity contribution in [1.82, 2.24) is 25.5 Å². The number of carboxylic acids is 1. The number of aromatic carboxylic acids is 1. The van der Waals surface area contributed by atoms with Gasteiger partial charge in [-0.05, 0) is 28.6 Å². The highest BCUT2D eigenvalue weighted by Crippen LogP contribution is 2.23. The minimum atomic E-state index is -1.18. The number of tetrazole rings is 1. The molecular formula is C12H10N6O4. The zero-order chi connectivity index (χ0) is 15.7. The maximum atomic E-state index is 11.8. The average Bonchev–Trinajstić information content (AvgIpc) is 3.00. The maximum Gasteiger partial charge on any atom is 0.337 e. The topological polar surface area (TPSA) is 130 Å². The van der Waals surface area contributed by atoms with Gasteiger partial charge in [0.25, 0.3) is 0 Å². The second-order valence-electron chi connectivity index (χ2n) is 4.52. The van der Waals surface area contributed by atoms with Gasteiger partial charge in [-0.25, -0.2) is 9.59 Å². The average molecular weight is 302 g/mol. The third kappa shape index (κ3) is 2.37.